The maximum absolute atomic E-state index is 11.7. The van der Waals surface area contributed by atoms with Gasteiger partial charge in [-0.25, -0.2) is 0 Å². The molecule has 1 saturated heterocycles. The van der Waals surface area contributed by atoms with Gasteiger partial charge in [-0.1, -0.05) is 23.7 Å². The topological polar surface area (TPSA) is 67.9 Å². The number of nitrogens with zero attached hydrogens (tertiary/aromatic N) is 1. The zero-order chi connectivity index (χ0) is 22.0. The molecule has 1 heterocycles. The fraction of sp³-hybridized carbons (Fsp3) is 0.417. The van der Waals surface area contributed by atoms with Crippen molar-refractivity contribution < 1.29 is 19.1 Å². The normalized spacial score (nSPS) is 17.9. The van der Waals surface area contributed by atoms with Gasteiger partial charge in [-0.2, -0.15) is 0 Å². The summed E-state index contributed by atoms with van der Waals surface area (Å²) in [7, 11) is 1.60. The Labute approximate surface area is 187 Å². The Kier molecular flexibility index (Phi) is 6.49. The summed E-state index contributed by atoms with van der Waals surface area (Å²) >= 11 is 6.27. The molecule has 2 aliphatic rings. The summed E-state index contributed by atoms with van der Waals surface area (Å²) in [5.41, 5.74) is 4.85. The zero-order valence-electron chi connectivity index (χ0n) is 17.9. The lowest BCUT2D eigenvalue weighted by Crippen LogP contribution is -2.33. The number of hydrogen-bond acceptors (Lipinski definition) is 5. The van der Waals surface area contributed by atoms with E-state index < -0.39 is 0 Å². The summed E-state index contributed by atoms with van der Waals surface area (Å²) in [6, 6.07) is 10.4. The molecule has 0 saturated carbocycles. The van der Waals surface area contributed by atoms with E-state index in [0.29, 0.717) is 36.9 Å². The van der Waals surface area contributed by atoms with Crippen molar-refractivity contribution in [2.45, 2.75) is 45.2 Å². The molecule has 164 valence electrons. The molecule has 0 aromatic heterocycles. The molecule has 2 aromatic carbocycles. The van der Waals surface area contributed by atoms with Crippen molar-refractivity contribution in [3.8, 4) is 11.5 Å². The first-order chi connectivity index (χ1) is 15.0. The number of ether oxygens (including phenoxy) is 2. The Morgan fingerprint density at radius 3 is 2.61 bits per heavy atom. The van der Waals surface area contributed by atoms with E-state index in [-0.39, 0.29) is 25.0 Å². The summed E-state index contributed by atoms with van der Waals surface area (Å²) in [6.07, 6.45) is 2.68. The predicted molar refractivity (Wildman–Crippen MR) is 119 cm³/mol. The van der Waals surface area contributed by atoms with Gasteiger partial charge in [-0.15, -0.1) is 0 Å². The van der Waals surface area contributed by atoms with E-state index in [1.54, 1.807) is 7.11 Å². The molecule has 2 aromatic rings. The highest BCUT2D eigenvalue weighted by atomic mass is 35.5. The Morgan fingerprint density at radius 2 is 1.87 bits per heavy atom. The Hall–Kier alpha value is -2.57. The third-order valence-electron chi connectivity index (χ3n) is 6.01. The molecule has 0 spiro atoms. The molecule has 1 atom stereocenters. The van der Waals surface area contributed by atoms with E-state index in [0.717, 1.165) is 29.0 Å². The van der Waals surface area contributed by atoms with Crippen LogP contribution in [0.4, 0.5) is 0 Å². The van der Waals surface area contributed by atoms with Gasteiger partial charge in [-0.05, 0) is 60.2 Å². The van der Waals surface area contributed by atoms with Crippen LogP contribution in [0.25, 0.3) is 0 Å². The van der Waals surface area contributed by atoms with E-state index in [2.05, 4.69) is 17.4 Å². The SMILES string of the molecule is COc1cc(CNC2CCc3cc(Cl)c(C)cc32)ccc1OCCN1C(=O)CCC1=O. The molecule has 0 radical (unpaired) electrons. The molecule has 6 nitrogen and oxygen atoms in total. The van der Waals surface area contributed by atoms with E-state index in [1.807, 2.05) is 25.1 Å². The van der Waals surface area contributed by atoms with Gasteiger partial charge in [-0.3, -0.25) is 14.5 Å². The maximum atomic E-state index is 11.7. The Morgan fingerprint density at radius 1 is 1.10 bits per heavy atom. The second kappa shape index (κ2) is 9.28. The number of carbonyl (C=O) groups excluding carboxylic acids is 2. The lowest BCUT2D eigenvalue weighted by molar-refractivity contribution is -0.138. The molecule has 1 unspecified atom stereocenters. The van der Waals surface area contributed by atoms with Gasteiger partial charge in [0.25, 0.3) is 0 Å². The van der Waals surface area contributed by atoms with Crippen molar-refractivity contribution >= 4 is 23.4 Å². The molecule has 1 fully saturated rings. The van der Waals surface area contributed by atoms with Crippen LogP contribution in [0.5, 0.6) is 11.5 Å². The van der Waals surface area contributed by atoms with E-state index in [1.165, 1.54) is 16.0 Å². The summed E-state index contributed by atoms with van der Waals surface area (Å²) < 4.78 is 11.3. The number of amides is 2. The third kappa shape index (κ3) is 4.70. The Bertz CT molecular complexity index is 991. The second-order valence-electron chi connectivity index (χ2n) is 8.05. The van der Waals surface area contributed by atoms with Gasteiger partial charge in [0.1, 0.15) is 6.61 Å². The van der Waals surface area contributed by atoms with Crippen molar-refractivity contribution in [3.05, 3.63) is 57.6 Å². The van der Waals surface area contributed by atoms with Crippen LogP contribution in [0, 0.1) is 6.92 Å². The average Bonchev–Trinajstić information content (AvgIpc) is 3.30. The first-order valence-corrected chi connectivity index (χ1v) is 11.0. The number of halogens is 1. The molecule has 1 aliphatic carbocycles. The molecule has 7 heteroatoms. The van der Waals surface area contributed by atoms with E-state index in [4.69, 9.17) is 21.1 Å². The van der Waals surface area contributed by atoms with E-state index in [9.17, 15) is 9.59 Å². The van der Waals surface area contributed by atoms with Gasteiger partial charge in [0.2, 0.25) is 11.8 Å². The summed E-state index contributed by atoms with van der Waals surface area (Å²) in [6.45, 7) is 3.25. The number of imide groups is 1. The van der Waals surface area contributed by atoms with Crippen LogP contribution < -0.4 is 14.8 Å². The number of benzene rings is 2. The van der Waals surface area contributed by atoms with Crippen LogP contribution in [-0.2, 0) is 22.6 Å². The number of likely N-dealkylation sites (tertiary alicyclic amines) is 1. The van der Waals surface area contributed by atoms with Crippen LogP contribution in [0.1, 0.15) is 47.6 Å². The third-order valence-corrected chi connectivity index (χ3v) is 6.41. The van der Waals surface area contributed by atoms with Crippen molar-refractivity contribution in [3.63, 3.8) is 0 Å². The molecule has 0 bridgehead atoms. The van der Waals surface area contributed by atoms with Gasteiger partial charge >= 0.3 is 0 Å². The number of aryl methyl sites for hydroxylation is 2. The number of nitrogens with one attached hydrogen (secondary N) is 1. The minimum atomic E-state index is -0.132. The number of carbonyl (C=O) groups is 2. The summed E-state index contributed by atoms with van der Waals surface area (Å²) in [4.78, 5) is 24.7. The second-order valence-corrected chi connectivity index (χ2v) is 8.45. The van der Waals surface area contributed by atoms with Crippen molar-refractivity contribution in [1.29, 1.82) is 0 Å². The first-order valence-electron chi connectivity index (χ1n) is 10.6. The fourth-order valence-corrected chi connectivity index (χ4v) is 4.44. The standard InChI is InChI=1S/C24H27ClN2O4/c1-15-11-18-17(13-19(15)25)4-5-20(18)26-14-16-3-6-21(22(12-16)30-2)31-10-9-27-23(28)7-8-24(27)29/h3,6,11-13,20,26H,4-5,7-10,14H2,1-2H3. The van der Waals surface area contributed by atoms with Crippen LogP contribution in [0.2, 0.25) is 5.02 Å². The maximum Gasteiger partial charge on any atom is 0.229 e. The van der Waals surface area contributed by atoms with Crippen LogP contribution >= 0.6 is 11.6 Å². The Balaban J connectivity index is 1.35. The summed E-state index contributed by atoms with van der Waals surface area (Å²) in [5.74, 6) is 0.968. The quantitative estimate of drug-likeness (QED) is 0.627. The fourth-order valence-electron chi connectivity index (χ4n) is 4.25. The molecular formula is C24H27ClN2O4. The number of methoxy groups -OCH3 is 1. The predicted octanol–water partition coefficient (Wildman–Crippen LogP) is 3.96. The van der Waals surface area contributed by atoms with Gasteiger partial charge < -0.3 is 14.8 Å². The van der Waals surface area contributed by atoms with Crippen molar-refractivity contribution in [2.75, 3.05) is 20.3 Å². The highest BCUT2D eigenvalue weighted by molar-refractivity contribution is 6.31. The zero-order valence-corrected chi connectivity index (χ0v) is 18.6. The van der Waals surface area contributed by atoms with Gasteiger partial charge in [0.15, 0.2) is 11.5 Å². The molecule has 31 heavy (non-hydrogen) atoms. The largest absolute Gasteiger partial charge is 0.493 e. The highest BCUT2D eigenvalue weighted by Gasteiger charge is 2.28. The highest BCUT2D eigenvalue weighted by Crippen LogP contribution is 2.35. The molecule has 1 aliphatic heterocycles. The van der Waals surface area contributed by atoms with Gasteiger partial charge in [0, 0.05) is 30.5 Å². The monoisotopic (exact) mass is 442 g/mol. The number of hydrogen-bond donors (Lipinski definition) is 1. The minimum absolute atomic E-state index is 0.132. The molecule has 4 rings (SSSR count). The first kappa shape index (κ1) is 21.7. The van der Waals surface area contributed by atoms with Crippen LogP contribution in [0.15, 0.2) is 30.3 Å². The molecule has 1 N–H and O–H groups in total. The van der Waals surface area contributed by atoms with E-state index >= 15 is 0 Å². The molecular weight excluding hydrogens is 416 g/mol. The molecule has 2 amide bonds. The van der Waals surface area contributed by atoms with Crippen LogP contribution in [0.3, 0.4) is 0 Å². The van der Waals surface area contributed by atoms with Gasteiger partial charge in [0.05, 0.1) is 13.7 Å². The number of rotatable bonds is 8. The summed E-state index contributed by atoms with van der Waals surface area (Å²) in [5, 5.41) is 4.47. The van der Waals surface area contributed by atoms with Crippen molar-refractivity contribution in [2.24, 2.45) is 0 Å². The lowest BCUT2D eigenvalue weighted by Gasteiger charge is -2.17. The van der Waals surface area contributed by atoms with Crippen molar-refractivity contribution in [1.82, 2.24) is 10.2 Å². The minimum Gasteiger partial charge on any atom is -0.493 e. The lowest BCUT2D eigenvalue weighted by atomic mass is 10.0. The van der Waals surface area contributed by atoms with Crippen LogP contribution in [-0.4, -0.2) is 37.0 Å². The average molecular weight is 443 g/mol. The number of fused-ring (bicyclic) bond motifs is 1. The smallest absolute Gasteiger partial charge is 0.229 e.